The summed E-state index contributed by atoms with van der Waals surface area (Å²) < 4.78 is 46.4. The average molecular weight is 535 g/mol. The second-order valence-corrected chi connectivity index (χ2v) is 11.2. The van der Waals surface area contributed by atoms with Crippen LogP contribution in [0.25, 0.3) is 11.1 Å². The minimum Gasteiger partial charge on any atom is -0.378 e. The van der Waals surface area contributed by atoms with Crippen LogP contribution in [0.2, 0.25) is 0 Å². The lowest BCUT2D eigenvalue weighted by molar-refractivity contribution is -0.135. The molecule has 1 unspecified atom stereocenters. The molecule has 2 fully saturated rings. The third-order valence-corrected chi connectivity index (χ3v) is 8.87. The van der Waals surface area contributed by atoms with Gasteiger partial charge in [0.2, 0.25) is 10.0 Å². The Kier molecular flexibility index (Phi) is 8.42. The van der Waals surface area contributed by atoms with Gasteiger partial charge in [0.15, 0.2) is 0 Å². The zero-order valence-corrected chi connectivity index (χ0v) is 21.4. The number of sulfonamides is 1. The molecule has 200 valence electrons. The SMILES string of the molecule is CN(C(C(=O)NO)C1CCN(C(=O)N2CCOCC2)CC1)S(=O)(=O)c1ccc(-c2ccc(F)cc2)cc1. The number of halogens is 1. The normalized spacial score (nSPS) is 18.1. The topological polar surface area (TPSA) is 119 Å². The molecule has 2 N–H and O–H groups in total. The number of nitrogens with zero attached hydrogens (tertiary/aromatic N) is 3. The Bertz CT molecular complexity index is 1190. The third-order valence-electron chi connectivity index (χ3n) is 7.02. The highest BCUT2D eigenvalue weighted by molar-refractivity contribution is 7.89. The number of rotatable bonds is 6. The van der Waals surface area contributed by atoms with E-state index in [0.29, 0.717) is 57.8 Å². The first-order valence-corrected chi connectivity index (χ1v) is 13.6. The van der Waals surface area contributed by atoms with Crippen LogP contribution >= 0.6 is 0 Å². The second kappa shape index (κ2) is 11.5. The van der Waals surface area contributed by atoms with E-state index in [1.54, 1.807) is 39.5 Å². The zero-order chi connectivity index (χ0) is 26.6. The summed E-state index contributed by atoms with van der Waals surface area (Å²) in [6, 6.07) is 10.7. The van der Waals surface area contributed by atoms with Crippen LogP contribution in [0.5, 0.6) is 0 Å². The maximum atomic E-state index is 13.4. The highest BCUT2D eigenvalue weighted by Crippen LogP contribution is 2.29. The van der Waals surface area contributed by atoms with E-state index in [1.165, 1.54) is 31.3 Å². The van der Waals surface area contributed by atoms with Crippen molar-refractivity contribution in [3.63, 3.8) is 0 Å². The maximum Gasteiger partial charge on any atom is 0.320 e. The van der Waals surface area contributed by atoms with Crippen molar-refractivity contribution in [3.05, 3.63) is 54.3 Å². The quantitative estimate of drug-likeness (QED) is 0.433. The summed E-state index contributed by atoms with van der Waals surface area (Å²) in [5, 5.41) is 9.38. The molecule has 4 rings (SSSR count). The summed E-state index contributed by atoms with van der Waals surface area (Å²) in [4.78, 5) is 28.9. The minimum atomic E-state index is -4.10. The van der Waals surface area contributed by atoms with Gasteiger partial charge in [0.05, 0.1) is 18.1 Å². The van der Waals surface area contributed by atoms with Crippen LogP contribution in [-0.2, 0) is 19.6 Å². The van der Waals surface area contributed by atoms with Crippen molar-refractivity contribution >= 4 is 22.0 Å². The highest BCUT2D eigenvalue weighted by Gasteiger charge is 2.40. The molecular formula is C25H31FN4O6S. The number of hydrogen-bond acceptors (Lipinski definition) is 6. The lowest BCUT2D eigenvalue weighted by Gasteiger charge is -2.40. The summed E-state index contributed by atoms with van der Waals surface area (Å²) in [6.07, 6.45) is 0.801. The molecular weight excluding hydrogens is 503 g/mol. The number of hydrogen-bond donors (Lipinski definition) is 2. The molecule has 2 aliphatic heterocycles. The number of carbonyl (C=O) groups is 2. The van der Waals surface area contributed by atoms with E-state index in [-0.39, 0.29) is 16.7 Å². The largest absolute Gasteiger partial charge is 0.378 e. The van der Waals surface area contributed by atoms with Gasteiger partial charge in [0, 0.05) is 33.2 Å². The molecule has 2 heterocycles. The fourth-order valence-corrected chi connectivity index (χ4v) is 6.26. The van der Waals surface area contributed by atoms with Gasteiger partial charge in [-0.2, -0.15) is 4.31 Å². The molecule has 10 nitrogen and oxygen atoms in total. The molecule has 37 heavy (non-hydrogen) atoms. The Morgan fingerprint density at radius 2 is 1.49 bits per heavy atom. The summed E-state index contributed by atoms with van der Waals surface area (Å²) >= 11 is 0. The van der Waals surface area contributed by atoms with Gasteiger partial charge in [-0.3, -0.25) is 10.0 Å². The van der Waals surface area contributed by atoms with E-state index < -0.39 is 27.9 Å². The molecule has 2 aromatic carbocycles. The van der Waals surface area contributed by atoms with Crippen LogP contribution in [0.4, 0.5) is 9.18 Å². The standard InChI is InChI=1S/C25H31FN4O6S/c1-28(37(34,35)22-8-4-19(5-9-22)18-2-6-21(26)7-3-18)23(24(31)27-33)20-10-12-29(13-11-20)25(32)30-14-16-36-17-15-30/h2-9,20,23,33H,10-17H2,1H3,(H,27,31). The maximum absolute atomic E-state index is 13.4. The van der Waals surface area contributed by atoms with Gasteiger partial charge < -0.3 is 14.5 Å². The fourth-order valence-electron chi connectivity index (χ4n) is 4.88. The smallest absolute Gasteiger partial charge is 0.320 e. The van der Waals surface area contributed by atoms with Crippen LogP contribution in [0, 0.1) is 11.7 Å². The fraction of sp³-hybridized carbons (Fsp3) is 0.440. The van der Waals surface area contributed by atoms with Gasteiger partial charge in [-0.05, 0) is 54.2 Å². The van der Waals surface area contributed by atoms with E-state index in [0.717, 1.165) is 9.87 Å². The van der Waals surface area contributed by atoms with Gasteiger partial charge in [0.25, 0.3) is 5.91 Å². The predicted octanol–water partition coefficient (Wildman–Crippen LogP) is 2.15. The molecule has 0 aromatic heterocycles. The van der Waals surface area contributed by atoms with Crippen molar-refractivity contribution in [1.82, 2.24) is 19.6 Å². The first-order valence-electron chi connectivity index (χ1n) is 12.1. The first-order chi connectivity index (χ1) is 17.7. The zero-order valence-electron chi connectivity index (χ0n) is 20.5. The number of benzene rings is 2. The van der Waals surface area contributed by atoms with E-state index in [1.807, 2.05) is 0 Å². The van der Waals surface area contributed by atoms with E-state index in [9.17, 15) is 27.6 Å². The molecule has 2 aliphatic rings. The van der Waals surface area contributed by atoms with Crippen LogP contribution in [0.3, 0.4) is 0 Å². The van der Waals surface area contributed by atoms with Gasteiger partial charge in [0.1, 0.15) is 11.9 Å². The number of piperidine rings is 1. The number of likely N-dealkylation sites (N-methyl/N-ethyl adjacent to an activating group) is 1. The summed E-state index contributed by atoms with van der Waals surface area (Å²) in [5.74, 6) is -1.60. The number of carbonyl (C=O) groups excluding carboxylic acids is 2. The minimum absolute atomic E-state index is 0.0171. The molecule has 1 atom stereocenters. The summed E-state index contributed by atoms with van der Waals surface area (Å²) in [6.45, 7) is 2.78. The summed E-state index contributed by atoms with van der Waals surface area (Å²) in [5.41, 5.74) is 3.05. The van der Waals surface area contributed by atoms with Crippen molar-refractivity contribution in [3.8, 4) is 11.1 Å². The first kappa shape index (κ1) is 27.0. The lowest BCUT2D eigenvalue weighted by Crippen LogP contribution is -2.55. The molecule has 3 amide bonds. The molecule has 0 radical (unpaired) electrons. The number of hydroxylamine groups is 1. The van der Waals surface area contributed by atoms with Crippen LogP contribution < -0.4 is 5.48 Å². The Hall–Kier alpha value is -3.06. The third kappa shape index (κ3) is 5.93. The van der Waals surface area contributed by atoms with Gasteiger partial charge in [-0.1, -0.05) is 24.3 Å². The number of amides is 3. The van der Waals surface area contributed by atoms with Crippen molar-refractivity contribution in [1.29, 1.82) is 0 Å². The number of nitrogens with one attached hydrogen (secondary N) is 1. The van der Waals surface area contributed by atoms with Gasteiger partial charge >= 0.3 is 6.03 Å². The van der Waals surface area contributed by atoms with Crippen LogP contribution in [0.1, 0.15) is 12.8 Å². The van der Waals surface area contributed by atoms with E-state index in [4.69, 9.17) is 4.74 Å². The van der Waals surface area contributed by atoms with E-state index >= 15 is 0 Å². The Morgan fingerprint density at radius 1 is 0.973 bits per heavy atom. The molecule has 2 saturated heterocycles. The van der Waals surface area contributed by atoms with E-state index in [2.05, 4.69) is 0 Å². The van der Waals surface area contributed by atoms with Crippen molar-refractivity contribution in [2.24, 2.45) is 5.92 Å². The molecule has 0 spiro atoms. The van der Waals surface area contributed by atoms with Crippen LogP contribution in [-0.4, -0.2) is 92.2 Å². The average Bonchev–Trinajstić information content (AvgIpc) is 2.94. The molecule has 0 saturated carbocycles. The molecule has 0 bridgehead atoms. The Labute approximate surface area is 215 Å². The van der Waals surface area contributed by atoms with Crippen molar-refractivity contribution in [2.45, 2.75) is 23.8 Å². The summed E-state index contributed by atoms with van der Waals surface area (Å²) in [7, 11) is -2.78. The van der Waals surface area contributed by atoms with Gasteiger partial charge in [-0.15, -0.1) is 0 Å². The molecule has 2 aromatic rings. The highest BCUT2D eigenvalue weighted by atomic mass is 32.2. The Balaban J connectivity index is 1.47. The number of ether oxygens (including phenoxy) is 1. The lowest BCUT2D eigenvalue weighted by atomic mass is 9.89. The second-order valence-electron chi connectivity index (χ2n) is 9.18. The molecule has 12 heteroatoms. The number of likely N-dealkylation sites (tertiary alicyclic amines) is 1. The molecule has 0 aliphatic carbocycles. The Morgan fingerprint density at radius 3 is 2.03 bits per heavy atom. The number of morpholine rings is 1. The van der Waals surface area contributed by atoms with Gasteiger partial charge in [-0.25, -0.2) is 23.1 Å². The monoisotopic (exact) mass is 534 g/mol. The number of urea groups is 1. The predicted molar refractivity (Wildman–Crippen MR) is 133 cm³/mol. The van der Waals surface area contributed by atoms with Crippen LogP contribution in [0.15, 0.2) is 53.4 Å². The van der Waals surface area contributed by atoms with Crippen molar-refractivity contribution < 1.29 is 32.3 Å². The van der Waals surface area contributed by atoms with Crippen molar-refractivity contribution in [2.75, 3.05) is 46.4 Å².